The molecule has 0 fully saturated rings. The minimum Gasteiger partial charge on any atom is -0.485 e. The first kappa shape index (κ1) is 29.7. The first-order valence-electron chi connectivity index (χ1n) is 11.6. The van der Waals surface area contributed by atoms with Crippen LogP contribution in [0.25, 0.3) is 33.2 Å². The summed E-state index contributed by atoms with van der Waals surface area (Å²) in [5, 5.41) is 15.3. The van der Waals surface area contributed by atoms with E-state index in [1.807, 2.05) is 54.9 Å². The summed E-state index contributed by atoms with van der Waals surface area (Å²) in [4.78, 5) is 33.4. The van der Waals surface area contributed by atoms with Crippen LogP contribution in [-0.2, 0) is 9.59 Å². The molecule has 5 aromatic rings. The van der Waals surface area contributed by atoms with E-state index in [0.29, 0.717) is 6.61 Å². The average molecular weight is 596 g/mol. The van der Waals surface area contributed by atoms with Crippen LogP contribution in [0.1, 0.15) is 11.9 Å². The highest BCUT2D eigenvalue weighted by Crippen LogP contribution is 2.36. The minimum atomic E-state index is -5.08. The van der Waals surface area contributed by atoms with Crippen LogP contribution in [0.3, 0.4) is 0 Å². The number of aliphatic carboxylic acids is 2. The molecule has 3 aromatic heterocycles. The summed E-state index contributed by atoms with van der Waals surface area (Å²) in [5.74, 6) is -3.24. The highest BCUT2D eigenvalue weighted by atomic mass is 19.4. The second-order valence-corrected chi connectivity index (χ2v) is 8.42. The molecule has 0 bridgehead atoms. The molecule has 6 rings (SSSR count). The maximum Gasteiger partial charge on any atom is 0.490 e. The third kappa shape index (κ3) is 6.89. The molecule has 16 heteroatoms. The van der Waals surface area contributed by atoms with Gasteiger partial charge in [0.25, 0.3) is 0 Å². The van der Waals surface area contributed by atoms with Gasteiger partial charge in [-0.15, -0.1) is 0 Å². The Morgan fingerprint density at radius 3 is 2.19 bits per heavy atom. The summed E-state index contributed by atoms with van der Waals surface area (Å²) < 4.78 is 75.4. The smallest absolute Gasteiger partial charge is 0.485 e. The fraction of sp³-hybridized carbons (Fsp3) is 0.154. The Labute approximate surface area is 230 Å². The minimum absolute atomic E-state index is 0.261. The lowest BCUT2D eigenvalue weighted by Crippen LogP contribution is -2.22. The lowest BCUT2D eigenvalue weighted by Gasteiger charge is -2.24. The molecule has 1 aliphatic rings. The number of benzene rings is 2. The van der Waals surface area contributed by atoms with Crippen molar-refractivity contribution >= 4 is 34.0 Å². The number of rotatable bonds is 2. The molecule has 1 atom stereocenters. The first-order valence-corrected chi connectivity index (χ1v) is 11.6. The Kier molecular flexibility index (Phi) is 8.26. The fourth-order valence-electron chi connectivity index (χ4n) is 3.72. The van der Waals surface area contributed by atoms with Gasteiger partial charge in [-0.3, -0.25) is 0 Å². The number of pyridine rings is 1. The summed E-state index contributed by atoms with van der Waals surface area (Å²) in [7, 11) is 0. The third-order valence-corrected chi connectivity index (χ3v) is 5.57. The number of para-hydroxylation sites is 2. The highest BCUT2D eigenvalue weighted by molar-refractivity contribution is 5.95. The van der Waals surface area contributed by atoms with Crippen LogP contribution >= 0.6 is 0 Å². The molecule has 2 aromatic carbocycles. The van der Waals surface area contributed by atoms with Gasteiger partial charge in [-0.25, -0.2) is 19.6 Å². The number of hydrogen-bond donors (Lipinski definition) is 4. The maximum absolute atomic E-state index is 10.6. The number of aromatic nitrogens is 4. The van der Waals surface area contributed by atoms with Gasteiger partial charge in [0.15, 0.2) is 23.4 Å². The van der Waals surface area contributed by atoms with E-state index >= 15 is 0 Å². The molecule has 0 saturated heterocycles. The van der Waals surface area contributed by atoms with Gasteiger partial charge < -0.3 is 29.7 Å². The number of nitrogens with one attached hydrogen (secondary N) is 2. The lowest BCUT2D eigenvalue weighted by molar-refractivity contribution is -0.193. The van der Waals surface area contributed by atoms with Gasteiger partial charge in [0.05, 0.1) is 11.0 Å². The quantitative estimate of drug-likeness (QED) is 0.184. The Balaban J connectivity index is 0.000000243. The number of imidazole rings is 1. The van der Waals surface area contributed by atoms with Gasteiger partial charge in [-0.1, -0.05) is 18.2 Å². The van der Waals surface area contributed by atoms with Crippen molar-refractivity contribution in [2.24, 2.45) is 0 Å². The van der Waals surface area contributed by atoms with E-state index in [4.69, 9.17) is 34.3 Å². The summed E-state index contributed by atoms with van der Waals surface area (Å²) in [6.07, 6.45) is -6.70. The van der Waals surface area contributed by atoms with Gasteiger partial charge in [0.2, 0.25) is 0 Å². The topological polar surface area (TPSA) is 150 Å². The van der Waals surface area contributed by atoms with Crippen LogP contribution in [0, 0.1) is 0 Å². The molecular formula is C26H18F6N4O6. The molecule has 4 heterocycles. The SMILES string of the molecule is O=C(O)C(F)(F)F.O=C(O)C(F)(F)F.c1ccc2c(c1)OCC(c1nc3ccc(-c4ccnc5[nH]ccc45)cc3[nH]1)O2. The molecule has 1 aliphatic heterocycles. The number of carbonyl (C=O) groups is 2. The van der Waals surface area contributed by atoms with E-state index in [-0.39, 0.29) is 6.10 Å². The van der Waals surface area contributed by atoms with Crippen molar-refractivity contribution in [1.82, 2.24) is 19.9 Å². The largest absolute Gasteiger partial charge is 0.490 e. The standard InChI is InChI=1S/C22H16N4O2.2C2HF3O2/c1-2-4-19-18(3-1)27-12-20(28-19)22-25-16-6-5-13(11-17(16)26-22)14-7-9-23-21-15(14)8-10-24-21;2*3-2(4,5)1(6)7/h1-11,20H,12H2,(H,23,24)(H,25,26);2*(H,6,7). The van der Waals surface area contributed by atoms with Gasteiger partial charge >= 0.3 is 24.3 Å². The Bertz CT molecular complexity index is 1710. The van der Waals surface area contributed by atoms with Gasteiger partial charge in [-0.2, -0.15) is 26.3 Å². The monoisotopic (exact) mass is 596 g/mol. The van der Waals surface area contributed by atoms with Crippen molar-refractivity contribution in [2.75, 3.05) is 6.61 Å². The van der Waals surface area contributed by atoms with Crippen molar-refractivity contribution in [3.8, 4) is 22.6 Å². The summed E-state index contributed by atoms with van der Waals surface area (Å²) in [6, 6.07) is 18.0. The number of carboxylic acid groups (broad SMARTS) is 2. The third-order valence-electron chi connectivity index (χ3n) is 5.57. The van der Waals surface area contributed by atoms with Crippen LogP contribution in [0.5, 0.6) is 11.5 Å². The zero-order valence-electron chi connectivity index (χ0n) is 20.8. The van der Waals surface area contributed by atoms with Gasteiger partial charge in [-0.05, 0) is 47.5 Å². The zero-order chi connectivity index (χ0) is 30.7. The van der Waals surface area contributed by atoms with E-state index in [0.717, 1.165) is 50.5 Å². The number of fused-ring (bicyclic) bond motifs is 3. The van der Waals surface area contributed by atoms with Crippen LogP contribution in [0.4, 0.5) is 26.3 Å². The molecule has 10 nitrogen and oxygen atoms in total. The summed E-state index contributed by atoms with van der Waals surface area (Å²) in [5.41, 5.74) is 5.00. The number of nitrogens with zero attached hydrogens (tertiary/aromatic N) is 2. The van der Waals surface area contributed by atoms with E-state index in [9.17, 15) is 26.3 Å². The molecule has 1 unspecified atom stereocenters. The molecule has 42 heavy (non-hydrogen) atoms. The van der Waals surface area contributed by atoms with E-state index in [1.165, 1.54) is 0 Å². The molecule has 0 aliphatic carbocycles. The first-order chi connectivity index (χ1) is 19.7. The fourth-order valence-corrected chi connectivity index (χ4v) is 3.72. The number of halogens is 6. The van der Waals surface area contributed by atoms with E-state index < -0.39 is 24.3 Å². The van der Waals surface area contributed by atoms with Gasteiger partial charge in [0.1, 0.15) is 12.3 Å². The number of aromatic amines is 2. The van der Waals surface area contributed by atoms with Crippen molar-refractivity contribution in [2.45, 2.75) is 18.5 Å². The van der Waals surface area contributed by atoms with Crippen LogP contribution < -0.4 is 9.47 Å². The maximum atomic E-state index is 10.6. The Morgan fingerprint density at radius 1 is 0.905 bits per heavy atom. The normalized spacial score (nSPS) is 14.4. The number of ether oxygens (including phenoxy) is 2. The molecule has 0 radical (unpaired) electrons. The Morgan fingerprint density at radius 2 is 1.55 bits per heavy atom. The molecule has 220 valence electrons. The van der Waals surface area contributed by atoms with E-state index in [1.54, 1.807) is 0 Å². The highest BCUT2D eigenvalue weighted by Gasteiger charge is 2.38. The predicted molar refractivity (Wildman–Crippen MR) is 134 cm³/mol. The summed E-state index contributed by atoms with van der Waals surface area (Å²) in [6.45, 7) is 0.429. The number of hydrogen-bond acceptors (Lipinski definition) is 6. The van der Waals surface area contributed by atoms with Crippen LogP contribution in [-0.4, -0.2) is 61.0 Å². The Hall–Kier alpha value is -5.28. The average Bonchev–Trinajstić information content (AvgIpc) is 3.59. The van der Waals surface area contributed by atoms with Crippen molar-refractivity contribution in [1.29, 1.82) is 0 Å². The van der Waals surface area contributed by atoms with Crippen molar-refractivity contribution < 1.29 is 55.6 Å². The number of carboxylic acids is 2. The van der Waals surface area contributed by atoms with Crippen LogP contribution in [0.15, 0.2) is 67.0 Å². The lowest BCUT2D eigenvalue weighted by atomic mass is 10.0. The zero-order valence-corrected chi connectivity index (χ0v) is 20.8. The van der Waals surface area contributed by atoms with E-state index in [2.05, 4.69) is 27.1 Å². The molecule has 0 saturated carbocycles. The molecular weight excluding hydrogens is 578 g/mol. The molecule has 0 amide bonds. The molecule has 0 spiro atoms. The van der Waals surface area contributed by atoms with Gasteiger partial charge in [0, 0.05) is 17.8 Å². The predicted octanol–water partition coefficient (Wildman–Crippen LogP) is 5.89. The second kappa shape index (κ2) is 11.7. The number of alkyl halides is 6. The number of H-pyrrole nitrogens is 2. The van der Waals surface area contributed by atoms with Crippen molar-refractivity contribution in [3.63, 3.8) is 0 Å². The summed E-state index contributed by atoms with van der Waals surface area (Å²) >= 11 is 0. The molecule has 4 N–H and O–H groups in total. The van der Waals surface area contributed by atoms with Crippen LogP contribution in [0.2, 0.25) is 0 Å². The van der Waals surface area contributed by atoms with Crippen molar-refractivity contribution in [3.05, 3.63) is 72.8 Å². The second-order valence-electron chi connectivity index (χ2n) is 8.42.